The van der Waals surface area contributed by atoms with Gasteiger partial charge in [0.25, 0.3) is 5.91 Å². The molecule has 4 rings (SSSR count). The lowest BCUT2D eigenvalue weighted by atomic mass is 10.0. The van der Waals surface area contributed by atoms with Crippen LogP contribution in [0.25, 0.3) is 11.3 Å². The molecule has 2 heterocycles. The summed E-state index contributed by atoms with van der Waals surface area (Å²) in [6, 6.07) is 4.91. The second-order valence-corrected chi connectivity index (χ2v) is 9.31. The monoisotopic (exact) mass is 417 g/mol. The number of primary sulfonamides is 1. The molecule has 2 aliphatic rings. The van der Waals surface area contributed by atoms with Gasteiger partial charge in [-0.3, -0.25) is 14.3 Å². The van der Waals surface area contributed by atoms with Crippen molar-refractivity contribution in [2.24, 2.45) is 18.1 Å². The summed E-state index contributed by atoms with van der Waals surface area (Å²) in [5.41, 5.74) is 1.95. The van der Waals surface area contributed by atoms with Crippen molar-refractivity contribution in [1.29, 1.82) is 0 Å². The fourth-order valence-electron chi connectivity index (χ4n) is 3.95. The molecule has 2 amide bonds. The number of nitrogens with zero attached hydrogens (tertiary/aromatic N) is 3. The summed E-state index contributed by atoms with van der Waals surface area (Å²) in [4.78, 5) is 25.9. The Morgan fingerprint density at radius 1 is 1.31 bits per heavy atom. The van der Waals surface area contributed by atoms with E-state index in [0.29, 0.717) is 35.1 Å². The molecule has 0 saturated heterocycles. The molecular formula is C19H23N5O4S. The Labute approximate surface area is 168 Å². The number of nitrogens with two attached hydrogens (primary N) is 1. The minimum absolute atomic E-state index is 0.0507. The van der Waals surface area contributed by atoms with Gasteiger partial charge in [-0.2, -0.15) is 5.10 Å². The molecule has 1 aromatic heterocycles. The summed E-state index contributed by atoms with van der Waals surface area (Å²) in [5.74, 6) is 0.263. The minimum atomic E-state index is -4.12. The number of hydrogen-bond donors (Lipinski definition) is 2. The molecule has 154 valence electrons. The topological polar surface area (TPSA) is 127 Å². The standard InChI is InChI=1S/C19H23N5O4S/c1-10(12-4-5-12)24-9-14-6-13(7-16(29(20,27)28)18(14)19(24)26)15-8-17(21-11(2)25)22-23(15)3/h6-8,10,12H,4-5,9H2,1-3H3,(H2,20,27,28)(H,21,22,25). The number of fused-ring (bicyclic) bond motifs is 1. The lowest BCUT2D eigenvalue weighted by molar-refractivity contribution is -0.114. The third-order valence-electron chi connectivity index (χ3n) is 5.58. The molecule has 1 atom stereocenters. The summed E-state index contributed by atoms with van der Waals surface area (Å²) in [6.07, 6.45) is 2.16. The zero-order valence-corrected chi connectivity index (χ0v) is 17.3. The third kappa shape index (κ3) is 3.53. The highest BCUT2D eigenvalue weighted by atomic mass is 32.2. The van der Waals surface area contributed by atoms with Gasteiger partial charge in [0.1, 0.15) is 0 Å². The van der Waals surface area contributed by atoms with Crippen molar-refractivity contribution in [3.05, 3.63) is 29.3 Å². The molecule has 1 aromatic carbocycles. The molecule has 1 aliphatic heterocycles. The maximum atomic E-state index is 13.0. The van der Waals surface area contributed by atoms with E-state index in [2.05, 4.69) is 10.4 Å². The van der Waals surface area contributed by atoms with Crippen LogP contribution in [0.4, 0.5) is 5.82 Å². The normalized spacial score (nSPS) is 17.4. The second kappa shape index (κ2) is 6.67. The number of amides is 2. The largest absolute Gasteiger partial charge is 0.331 e. The first-order valence-electron chi connectivity index (χ1n) is 9.39. The average Bonchev–Trinajstić information content (AvgIpc) is 3.33. The molecule has 1 unspecified atom stereocenters. The van der Waals surface area contributed by atoms with Gasteiger partial charge < -0.3 is 10.2 Å². The lowest BCUT2D eigenvalue weighted by Gasteiger charge is -2.24. The van der Waals surface area contributed by atoms with Crippen molar-refractivity contribution in [3.63, 3.8) is 0 Å². The number of aryl methyl sites for hydroxylation is 1. The SMILES string of the molecule is CC(=O)Nc1cc(-c2cc3c(c(S(N)(=O)=O)c2)C(=O)N(C(C)C2CC2)C3)n(C)n1. The van der Waals surface area contributed by atoms with E-state index in [4.69, 9.17) is 5.14 Å². The molecule has 0 spiro atoms. The van der Waals surface area contributed by atoms with Crippen LogP contribution in [0.5, 0.6) is 0 Å². The van der Waals surface area contributed by atoms with Crippen LogP contribution in [0.2, 0.25) is 0 Å². The van der Waals surface area contributed by atoms with Gasteiger partial charge in [0.2, 0.25) is 15.9 Å². The fourth-order valence-corrected chi connectivity index (χ4v) is 4.75. The zero-order chi connectivity index (χ0) is 21.1. The highest BCUT2D eigenvalue weighted by Gasteiger charge is 2.41. The molecule has 9 nitrogen and oxygen atoms in total. The Bertz CT molecular complexity index is 1130. The number of carbonyl (C=O) groups excluding carboxylic acids is 2. The first-order chi connectivity index (χ1) is 13.6. The first kappa shape index (κ1) is 19.6. The van der Waals surface area contributed by atoms with Crippen LogP contribution in [0, 0.1) is 5.92 Å². The van der Waals surface area contributed by atoms with E-state index in [-0.39, 0.29) is 28.3 Å². The van der Waals surface area contributed by atoms with Crippen LogP contribution in [-0.2, 0) is 28.4 Å². The molecule has 3 N–H and O–H groups in total. The highest BCUT2D eigenvalue weighted by molar-refractivity contribution is 7.89. The van der Waals surface area contributed by atoms with Crippen molar-refractivity contribution in [2.75, 3.05) is 5.32 Å². The maximum absolute atomic E-state index is 13.0. The van der Waals surface area contributed by atoms with Crippen molar-refractivity contribution in [1.82, 2.24) is 14.7 Å². The number of carbonyl (C=O) groups is 2. The smallest absolute Gasteiger partial charge is 0.256 e. The fraction of sp³-hybridized carbons (Fsp3) is 0.421. The summed E-state index contributed by atoms with van der Waals surface area (Å²) < 4.78 is 26.2. The number of anilines is 1. The van der Waals surface area contributed by atoms with Crippen LogP contribution in [-0.4, -0.2) is 41.0 Å². The van der Waals surface area contributed by atoms with E-state index in [9.17, 15) is 18.0 Å². The summed E-state index contributed by atoms with van der Waals surface area (Å²) in [6.45, 7) is 3.72. The van der Waals surface area contributed by atoms with Crippen molar-refractivity contribution in [3.8, 4) is 11.3 Å². The third-order valence-corrected chi connectivity index (χ3v) is 6.52. The summed E-state index contributed by atoms with van der Waals surface area (Å²) in [7, 11) is -2.43. The molecule has 0 bridgehead atoms. The molecule has 1 aliphatic carbocycles. The Morgan fingerprint density at radius 2 is 2.00 bits per heavy atom. The van der Waals surface area contributed by atoms with Gasteiger partial charge in [-0.1, -0.05) is 0 Å². The van der Waals surface area contributed by atoms with E-state index in [1.165, 1.54) is 13.0 Å². The van der Waals surface area contributed by atoms with E-state index < -0.39 is 10.0 Å². The van der Waals surface area contributed by atoms with Crippen LogP contribution < -0.4 is 10.5 Å². The van der Waals surface area contributed by atoms with Gasteiger partial charge in [0, 0.05) is 38.2 Å². The van der Waals surface area contributed by atoms with E-state index in [1.54, 1.807) is 28.8 Å². The zero-order valence-electron chi connectivity index (χ0n) is 16.5. The van der Waals surface area contributed by atoms with E-state index in [1.807, 2.05) is 6.92 Å². The number of hydrogen-bond acceptors (Lipinski definition) is 5. The number of nitrogens with one attached hydrogen (secondary N) is 1. The van der Waals surface area contributed by atoms with Gasteiger partial charge in [-0.25, -0.2) is 13.6 Å². The van der Waals surface area contributed by atoms with E-state index >= 15 is 0 Å². The Hall–Kier alpha value is -2.72. The van der Waals surface area contributed by atoms with E-state index in [0.717, 1.165) is 12.8 Å². The molecule has 10 heteroatoms. The Kier molecular flexibility index (Phi) is 4.50. The molecule has 1 saturated carbocycles. The molecule has 1 fully saturated rings. The Balaban J connectivity index is 1.82. The van der Waals surface area contributed by atoms with Gasteiger partial charge in [0.05, 0.1) is 16.2 Å². The number of aromatic nitrogens is 2. The highest BCUT2D eigenvalue weighted by Crippen LogP contribution is 2.40. The number of rotatable bonds is 5. The average molecular weight is 417 g/mol. The molecule has 0 radical (unpaired) electrons. The predicted octanol–water partition coefficient (Wildman–Crippen LogP) is 1.45. The summed E-state index contributed by atoms with van der Waals surface area (Å²) >= 11 is 0. The quantitative estimate of drug-likeness (QED) is 0.761. The summed E-state index contributed by atoms with van der Waals surface area (Å²) in [5, 5.41) is 12.3. The van der Waals surface area contributed by atoms with Crippen LogP contribution >= 0.6 is 0 Å². The number of benzene rings is 1. The Morgan fingerprint density at radius 3 is 2.59 bits per heavy atom. The minimum Gasteiger partial charge on any atom is -0.331 e. The van der Waals surface area contributed by atoms with Gasteiger partial charge >= 0.3 is 0 Å². The van der Waals surface area contributed by atoms with Crippen LogP contribution in [0.15, 0.2) is 23.1 Å². The maximum Gasteiger partial charge on any atom is 0.256 e. The van der Waals surface area contributed by atoms with Gasteiger partial charge in [-0.05, 0) is 43.4 Å². The molecule has 2 aromatic rings. The molecular weight excluding hydrogens is 394 g/mol. The van der Waals surface area contributed by atoms with Gasteiger partial charge in [-0.15, -0.1) is 0 Å². The van der Waals surface area contributed by atoms with Crippen molar-refractivity contribution in [2.45, 2.75) is 44.2 Å². The number of sulfonamides is 1. The van der Waals surface area contributed by atoms with Crippen molar-refractivity contribution >= 4 is 27.7 Å². The second-order valence-electron chi connectivity index (χ2n) is 7.78. The van der Waals surface area contributed by atoms with Crippen LogP contribution in [0.1, 0.15) is 42.6 Å². The predicted molar refractivity (Wildman–Crippen MR) is 106 cm³/mol. The van der Waals surface area contributed by atoms with Gasteiger partial charge in [0.15, 0.2) is 5.82 Å². The first-order valence-corrected chi connectivity index (χ1v) is 10.9. The van der Waals surface area contributed by atoms with Crippen LogP contribution in [0.3, 0.4) is 0 Å². The molecule has 29 heavy (non-hydrogen) atoms. The van der Waals surface area contributed by atoms with Crippen molar-refractivity contribution < 1.29 is 18.0 Å². The lowest BCUT2D eigenvalue weighted by Crippen LogP contribution is -2.35.